The highest BCUT2D eigenvalue weighted by atomic mass is 16.5. The zero-order chi connectivity index (χ0) is 24.6. The lowest BCUT2D eigenvalue weighted by molar-refractivity contribution is -0.132. The molecule has 176 valence electrons. The first kappa shape index (κ1) is 23.4. The molecule has 0 heterocycles. The summed E-state index contributed by atoms with van der Waals surface area (Å²) >= 11 is 0. The van der Waals surface area contributed by atoms with Crippen LogP contribution in [0.4, 0.5) is 0 Å². The Morgan fingerprint density at radius 3 is 0.714 bits per heavy atom. The van der Waals surface area contributed by atoms with E-state index in [0.29, 0.717) is 46.0 Å². The average Bonchev–Trinajstić information content (AvgIpc) is 2.83. The van der Waals surface area contributed by atoms with E-state index in [4.69, 9.17) is 23.7 Å². The van der Waals surface area contributed by atoms with Gasteiger partial charge in [-0.05, 0) is 97.1 Å². The van der Waals surface area contributed by atoms with E-state index < -0.39 is 0 Å². The third kappa shape index (κ3) is 7.10. The van der Waals surface area contributed by atoms with Gasteiger partial charge >= 0.3 is 11.9 Å². The van der Waals surface area contributed by atoms with Crippen molar-refractivity contribution >= 4 is 11.9 Å². The lowest BCUT2D eigenvalue weighted by Crippen LogP contribution is -2.00. The average molecular weight is 470 g/mol. The molecule has 0 atom stereocenters. The van der Waals surface area contributed by atoms with Crippen LogP contribution in [0.5, 0.6) is 46.0 Å². The minimum atomic E-state index is -0.372. The molecule has 0 N–H and O–H groups in total. The second-order valence-corrected chi connectivity index (χ2v) is 7.38. The Bertz CT molecular complexity index is 1170. The Hall–Kier alpha value is -4.78. The van der Waals surface area contributed by atoms with E-state index in [-0.39, 0.29) is 11.9 Å². The van der Waals surface area contributed by atoms with Crippen molar-refractivity contribution in [1.29, 1.82) is 0 Å². The maximum Gasteiger partial charge on any atom is 0.308 e. The number of esters is 2. The second kappa shape index (κ2) is 10.9. The van der Waals surface area contributed by atoms with Gasteiger partial charge in [0, 0.05) is 13.8 Å². The van der Waals surface area contributed by atoms with Crippen molar-refractivity contribution < 1.29 is 33.3 Å². The zero-order valence-corrected chi connectivity index (χ0v) is 19.1. The van der Waals surface area contributed by atoms with Crippen LogP contribution in [0.2, 0.25) is 0 Å². The molecule has 4 aromatic carbocycles. The molecule has 0 unspecified atom stereocenters. The molecular weight excluding hydrogens is 448 g/mol. The predicted molar refractivity (Wildman–Crippen MR) is 129 cm³/mol. The Kier molecular flexibility index (Phi) is 7.28. The molecule has 7 heteroatoms. The highest BCUT2D eigenvalue weighted by molar-refractivity contribution is 5.69. The first-order valence-electron chi connectivity index (χ1n) is 10.7. The Morgan fingerprint density at radius 1 is 0.371 bits per heavy atom. The summed E-state index contributed by atoms with van der Waals surface area (Å²) in [4.78, 5) is 22.0. The number of benzene rings is 4. The lowest BCUT2D eigenvalue weighted by atomic mass is 10.3. The van der Waals surface area contributed by atoms with E-state index in [1.165, 1.54) is 13.8 Å². The maximum atomic E-state index is 11.0. The predicted octanol–water partition coefficient (Wildman–Crippen LogP) is 6.91. The van der Waals surface area contributed by atoms with E-state index in [1.807, 2.05) is 0 Å². The molecule has 0 radical (unpaired) electrons. The summed E-state index contributed by atoms with van der Waals surface area (Å²) in [5.74, 6) is 3.99. The van der Waals surface area contributed by atoms with Crippen LogP contribution >= 0.6 is 0 Å². The number of ether oxygens (including phenoxy) is 5. The molecule has 7 nitrogen and oxygen atoms in total. The molecule has 0 spiro atoms. The number of rotatable bonds is 8. The van der Waals surface area contributed by atoms with Gasteiger partial charge in [-0.2, -0.15) is 0 Å². The monoisotopic (exact) mass is 470 g/mol. The first-order valence-corrected chi connectivity index (χ1v) is 10.7. The lowest BCUT2D eigenvalue weighted by Gasteiger charge is -2.10. The smallest absolute Gasteiger partial charge is 0.308 e. The van der Waals surface area contributed by atoms with E-state index >= 15 is 0 Å². The van der Waals surface area contributed by atoms with Gasteiger partial charge in [-0.25, -0.2) is 0 Å². The van der Waals surface area contributed by atoms with Gasteiger partial charge in [0.2, 0.25) is 0 Å². The summed E-state index contributed by atoms with van der Waals surface area (Å²) in [6.07, 6.45) is 0. The van der Waals surface area contributed by atoms with Gasteiger partial charge in [-0.15, -0.1) is 0 Å². The maximum absolute atomic E-state index is 11.0. The number of carbonyl (C=O) groups excluding carboxylic acids is 2. The minimum absolute atomic E-state index is 0.372. The quantitative estimate of drug-likeness (QED) is 0.204. The van der Waals surface area contributed by atoms with Gasteiger partial charge in [0.15, 0.2) is 0 Å². The molecule has 35 heavy (non-hydrogen) atoms. The molecule has 0 aromatic heterocycles. The van der Waals surface area contributed by atoms with Crippen LogP contribution in [0, 0.1) is 0 Å². The second-order valence-electron chi connectivity index (χ2n) is 7.38. The Balaban J connectivity index is 1.30. The van der Waals surface area contributed by atoms with E-state index in [1.54, 1.807) is 97.1 Å². The standard InChI is InChI=1S/C28H22O7/c1-19(29)31-21-3-7-23(8-4-21)33-25-11-15-27(16-12-25)35-28-17-13-26(14-18-28)34-24-9-5-22(6-10-24)32-20(2)30/h3-18H,1-2H3. The molecule has 4 aromatic rings. The summed E-state index contributed by atoms with van der Waals surface area (Å²) < 4.78 is 27.5. The molecule has 4 rings (SSSR count). The van der Waals surface area contributed by atoms with Gasteiger partial charge in [-0.3, -0.25) is 9.59 Å². The summed E-state index contributed by atoms with van der Waals surface area (Å²) in [5.41, 5.74) is 0. The molecule has 0 aliphatic carbocycles. The summed E-state index contributed by atoms with van der Waals surface area (Å²) in [7, 11) is 0. The van der Waals surface area contributed by atoms with Crippen molar-refractivity contribution in [2.75, 3.05) is 0 Å². The number of hydrogen-bond acceptors (Lipinski definition) is 7. The molecule has 0 saturated heterocycles. The van der Waals surface area contributed by atoms with E-state index in [2.05, 4.69) is 0 Å². The van der Waals surface area contributed by atoms with Crippen molar-refractivity contribution in [1.82, 2.24) is 0 Å². The van der Waals surface area contributed by atoms with Gasteiger partial charge in [0.1, 0.15) is 46.0 Å². The largest absolute Gasteiger partial charge is 0.457 e. The fraction of sp³-hybridized carbons (Fsp3) is 0.0714. The van der Waals surface area contributed by atoms with Crippen LogP contribution in [0.15, 0.2) is 97.1 Å². The summed E-state index contributed by atoms with van der Waals surface area (Å²) in [5, 5.41) is 0. The van der Waals surface area contributed by atoms with Crippen LogP contribution in [-0.4, -0.2) is 11.9 Å². The van der Waals surface area contributed by atoms with Gasteiger partial charge in [0.25, 0.3) is 0 Å². The minimum Gasteiger partial charge on any atom is -0.457 e. The molecule has 0 bridgehead atoms. The Labute approximate surface area is 202 Å². The van der Waals surface area contributed by atoms with Crippen molar-refractivity contribution in [2.45, 2.75) is 13.8 Å². The highest BCUT2D eigenvalue weighted by Gasteiger charge is 2.04. The molecule has 0 aliphatic heterocycles. The number of hydrogen-bond donors (Lipinski definition) is 0. The van der Waals surface area contributed by atoms with Crippen LogP contribution in [-0.2, 0) is 9.59 Å². The van der Waals surface area contributed by atoms with Crippen LogP contribution in [0.1, 0.15) is 13.8 Å². The van der Waals surface area contributed by atoms with Gasteiger partial charge in [-0.1, -0.05) is 0 Å². The van der Waals surface area contributed by atoms with Gasteiger partial charge in [0.05, 0.1) is 0 Å². The zero-order valence-electron chi connectivity index (χ0n) is 19.1. The van der Waals surface area contributed by atoms with Crippen LogP contribution in [0.25, 0.3) is 0 Å². The molecule has 0 amide bonds. The Morgan fingerprint density at radius 2 is 0.543 bits per heavy atom. The fourth-order valence-electron chi connectivity index (χ4n) is 3.04. The van der Waals surface area contributed by atoms with Crippen molar-refractivity contribution in [2.24, 2.45) is 0 Å². The molecule has 0 saturated carbocycles. The topological polar surface area (TPSA) is 80.3 Å². The van der Waals surface area contributed by atoms with Crippen LogP contribution < -0.4 is 23.7 Å². The normalized spacial score (nSPS) is 10.2. The summed E-state index contributed by atoms with van der Waals surface area (Å²) in [6.45, 7) is 2.70. The molecular formula is C28H22O7. The fourth-order valence-corrected chi connectivity index (χ4v) is 3.04. The third-order valence-electron chi connectivity index (χ3n) is 4.53. The summed E-state index contributed by atoms with van der Waals surface area (Å²) in [6, 6.07) is 28.0. The van der Waals surface area contributed by atoms with E-state index in [0.717, 1.165) is 0 Å². The third-order valence-corrected chi connectivity index (χ3v) is 4.53. The van der Waals surface area contributed by atoms with Crippen molar-refractivity contribution in [3.63, 3.8) is 0 Å². The molecule has 0 fully saturated rings. The molecule has 0 aliphatic rings. The van der Waals surface area contributed by atoms with Crippen molar-refractivity contribution in [3.05, 3.63) is 97.1 Å². The SMILES string of the molecule is CC(=O)Oc1ccc(Oc2ccc(Oc3ccc(Oc4ccc(OC(C)=O)cc4)cc3)cc2)cc1. The van der Waals surface area contributed by atoms with Crippen LogP contribution in [0.3, 0.4) is 0 Å². The number of carbonyl (C=O) groups is 2. The first-order chi connectivity index (χ1) is 16.9. The van der Waals surface area contributed by atoms with Crippen molar-refractivity contribution in [3.8, 4) is 46.0 Å². The highest BCUT2D eigenvalue weighted by Crippen LogP contribution is 2.30. The van der Waals surface area contributed by atoms with E-state index in [9.17, 15) is 9.59 Å². The van der Waals surface area contributed by atoms with Gasteiger partial charge < -0.3 is 23.7 Å².